The highest BCUT2D eigenvalue weighted by Gasteiger charge is 2.37. The molecule has 4 nitrogen and oxygen atoms in total. The van der Waals surface area contributed by atoms with Crippen molar-refractivity contribution in [3.05, 3.63) is 22.6 Å². The van der Waals surface area contributed by atoms with Crippen LogP contribution in [0, 0.1) is 0 Å². The van der Waals surface area contributed by atoms with Gasteiger partial charge in [-0.05, 0) is 54.3 Å². The monoisotopic (exact) mass is 342 g/mol. The van der Waals surface area contributed by atoms with Crippen LogP contribution in [0.5, 0.6) is 0 Å². The molecule has 0 bridgehead atoms. The Morgan fingerprint density at radius 1 is 1.55 bits per heavy atom. The lowest BCUT2D eigenvalue weighted by Gasteiger charge is -2.38. The highest BCUT2D eigenvalue weighted by atomic mass is 79.9. The molecule has 0 saturated carbocycles. The summed E-state index contributed by atoms with van der Waals surface area (Å²) >= 11 is 3.58. The first-order valence-corrected chi connectivity index (χ1v) is 8.40. The fraction of sp³-hybridized carbons (Fsp3) is 0.733. The van der Waals surface area contributed by atoms with Crippen molar-refractivity contribution in [3.63, 3.8) is 0 Å². The smallest absolute Gasteiger partial charge is 0.137 e. The Morgan fingerprint density at radius 3 is 3.20 bits per heavy atom. The van der Waals surface area contributed by atoms with E-state index in [0.29, 0.717) is 6.04 Å². The molecule has 1 aromatic heterocycles. The molecule has 0 aliphatic carbocycles. The number of halogens is 1. The zero-order valence-electron chi connectivity index (χ0n) is 12.0. The Balaban J connectivity index is 1.73. The quantitative estimate of drug-likeness (QED) is 0.892. The number of fused-ring (bicyclic) bond motifs is 1. The van der Waals surface area contributed by atoms with Crippen LogP contribution in [0.2, 0.25) is 0 Å². The third-order valence-corrected chi connectivity index (χ3v) is 4.98. The zero-order valence-corrected chi connectivity index (χ0v) is 13.6. The Labute approximate surface area is 129 Å². The van der Waals surface area contributed by atoms with Crippen LogP contribution < -0.4 is 5.32 Å². The zero-order chi connectivity index (χ0) is 13.9. The average molecular weight is 343 g/mol. The van der Waals surface area contributed by atoms with Crippen LogP contribution >= 0.6 is 15.9 Å². The number of hydrogen-bond donors (Lipinski definition) is 1. The largest absolute Gasteiger partial charge is 0.466 e. The summed E-state index contributed by atoms with van der Waals surface area (Å²) in [5.41, 5.74) is 0. The van der Waals surface area contributed by atoms with Gasteiger partial charge >= 0.3 is 0 Å². The second-order valence-electron chi connectivity index (χ2n) is 5.73. The van der Waals surface area contributed by atoms with Crippen molar-refractivity contribution in [3.8, 4) is 0 Å². The minimum Gasteiger partial charge on any atom is -0.466 e. The minimum absolute atomic E-state index is 0.126. The molecule has 1 aromatic rings. The van der Waals surface area contributed by atoms with E-state index in [1.54, 1.807) is 6.26 Å². The maximum Gasteiger partial charge on any atom is 0.137 e. The highest BCUT2D eigenvalue weighted by molar-refractivity contribution is 9.10. The maximum atomic E-state index is 6.14. The van der Waals surface area contributed by atoms with E-state index in [4.69, 9.17) is 9.15 Å². The lowest BCUT2D eigenvalue weighted by Crippen LogP contribution is -2.50. The standard InChI is InChI=1S/C15H23BrN2O2/c1-2-6-17-14(15-12(16)5-8-19-15)13-9-18-7-3-4-11(18)10-20-13/h5,8,11,13-14,17H,2-4,6-7,9-10H2,1H3. The van der Waals surface area contributed by atoms with Crippen molar-refractivity contribution in [2.75, 3.05) is 26.2 Å². The molecule has 20 heavy (non-hydrogen) atoms. The molecular formula is C15H23BrN2O2. The van der Waals surface area contributed by atoms with Gasteiger partial charge in [0.1, 0.15) is 5.76 Å². The first-order chi connectivity index (χ1) is 9.79. The number of nitrogens with zero attached hydrogens (tertiary/aromatic N) is 1. The first-order valence-electron chi connectivity index (χ1n) is 7.61. The van der Waals surface area contributed by atoms with Gasteiger partial charge in [-0.3, -0.25) is 4.90 Å². The molecule has 2 aliphatic rings. The van der Waals surface area contributed by atoms with Crippen LogP contribution in [-0.4, -0.2) is 43.3 Å². The fourth-order valence-corrected chi connectivity index (χ4v) is 3.71. The van der Waals surface area contributed by atoms with Crippen molar-refractivity contribution in [2.45, 2.75) is 44.4 Å². The summed E-state index contributed by atoms with van der Waals surface area (Å²) in [4.78, 5) is 2.58. The molecule has 112 valence electrons. The lowest BCUT2D eigenvalue weighted by atomic mass is 10.0. The van der Waals surface area contributed by atoms with E-state index in [-0.39, 0.29) is 12.1 Å². The average Bonchev–Trinajstić information content (AvgIpc) is 3.08. The van der Waals surface area contributed by atoms with Gasteiger partial charge in [0.2, 0.25) is 0 Å². The van der Waals surface area contributed by atoms with Gasteiger partial charge in [0.25, 0.3) is 0 Å². The van der Waals surface area contributed by atoms with Crippen molar-refractivity contribution in [1.29, 1.82) is 0 Å². The molecule has 2 fully saturated rings. The normalized spacial score (nSPS) is 28.5. The van der Waals surface area contributed by atoms with Crippen LogP contribution in [0.1, 0.15) is 38.0 Å². The van der Waals surface area contributed by atoms with Crippen molar-refractivity contribution >= 4 is 15.9 Å². The fourth-order valence-electron chi connectivity index (χ4n) is 3.26. The van der Waals surface area contributed by atoms with E-state index in [9.17, 15) is 0 Å². The third-order valence-electron chi connectivity index (χ3n) is 4.33. The van der Waals surface area contributed by atoms with E-state index in [0.717, 1.165) is 36.4 Å². The summed E-state index contributed by atoms with van der Waals surface area (Å²) in [7, 11) is 0. The molecule has 5 heteroatoms. The predicted octanol–water partition coefficient (Wildman–Crippen LogP) is 2.95. The van der Waals surface area contributed by atoms with Crippen molar-refractivity contribution < 1.29 is 9.15 Å². The van der Waals surface area contributed by atoms with Gasteiger partial charge in [-0.25, -0.2) is 0 Å². The van der Waals surface area contributed by atoms with Crippen LogP contribution in [0.25, 0.3) is 0 Å². The van der Waals surface area contributed by atoms with Crippen molar-refractivity contribution in [1.82, 2.24) is 10.2 Å². The van der Waals surface area contributed by atoms with Crippen LogP contribution in [0.4, 0.5) is 0 Å². The Morgan fingerprint density at radius 2 is 2.45 bits per heavy atom. The number of nitrogens with one attached hydrogen (secondary N) is 1. The molecule has 0 radical (unpaired) electrons. The lowest BCUT2D eigenvalue weighted by molar-refractivity contribution is -0.0681. The first kappa shape index (κ1) is 14.6. The van der Waals surface area contributed by atoms with Crippen LogP contribution in [0.15, 0.2) is 21.2 Å². The molecule has 1 N–H and O–H groups in total. The second kappa shape index (κ2) is 6.60. The number of hydrogen-bond acceptors (Lipinski definition) is 4. The molecule has 2 saturated heterocycles. The predicted molar refractivity (Wildman–Crippen MR) is 81.8 cm³/mol. The summed E-state index contributed by atoms with van der Waals surface area (Å²) in [5.74, 6) is 0.959. The summed E-state index contributed by atoms with van der Waals surface area (Å²) in [6.07, 6.45) is 5.59. The molecule has 3 unspecified atom stereocenters. The van der Waals surface area contributed by atoms with E-state index >= 15 is 0 Å². The number of morpholine rings is 1. The maximum absolute atomic E-state index is 6.14. The summed E-state index contributed by atoms with van der Waals surface area (Å²) in [5, 5.41) is 3.59. The molecule has 3 heterocycles. The number of furan rings is 1. The molecule has 0 aromatic carbocycles. The third kappa shape index (κ3) is 2.96. The summed E-state index contributed by atoms with van der Waals surface area (Å²) in [6.45, 7) is 6.22. The van der Waals surface area contributed by atoms with Gasteiger partial charge < -0.3 is 14.5 Å². The van der Waals surface area contributed by atoms with Gasteiger partial charge in [0.15, 0.2) is 0 Å². The van der Waals surface area contributed by atoms with Gasteiger partial charge in [-0.1, -0.05) is 6.92 Å². The SMILES string of the molecule is CCCNC(c1occc1Br)C1CN2CCCC2CO1. The summed E-state index contributed by atoms with van der Waals surface area (Å²) < 4.78 is 12.9. The molecule has 3 rings (SSSR count). The molecule has 3 atom stereocenters. The molecule has 0 amide bonds. The minimum atomic E-state index is 0.126. The van der Waals surface area contributed by atoms with E-state index in [1.807, 2.05) is 6.07 Å². The van der Waals surface area contributed by atoms with Crippen LogP contribution in [-0.2, 0) is 4.74 Å². The molecular weight excluding hydrogens is 320 g/mol. The van der Waals surface area contributed by atoms with Crippen molar-refractivity contribution in [2.24, 2.45) is 0 Å². The van der Waals surface area contributed by atoms with Gasteiger partial charge in [-0.15, -0.1) is 0 Å². The van der Waals surface area contributed by atoms with E-state index < -0.39 is 0 Å². The second-order valence-corrected chi connectivity index (χ2v) is 6.58. The van der Waals surface area contributed by atoms with Gasteiger partial charge in [0, 0.05) is 12.6 Å². The van der Waals surface area contributed by atoms with Crippen LogP contribution in [0.3, 0.4) is 0 Å². The van der Waals surface area contributed by atoms with E-state index in [1.165, 1.54) is 19.4 Å². The van der Waals surface area contributed by atoms with E-state index in [2.05, 4.69) is 33.1 Å². The Hall–Kier alpha value is -0.360. The number of ether oxygens (including phenoxy) is 1. The topological polar surface area (TPSA) is 37.6 Å². The number of rotatable bonds is 5. The highest BCUT2D eigenvalue weighted by Crippen LogP contribution is 2.32. The molecule has 2 aliphatic heterocycles. The van der Waals surface area contributed by atoms with Gasteiger partial charge in [-0.2, -0.15) is 0 Å². The molecule has 0 spiro atoms. The summed E-state index contributed by atoms with van der Waals surface area (Å²) in [6, 6.07) is 2.72. The Kier molecular flexibility index (Phi) is 4.81. The Bertz CT molecular complexity index is 437. The van der Waals surface area contributed by atoms with Gasteiger partial charge in [0.05, 0.1) is 29.5 Å².